The molecule has 1 fully saturated rings. The molecule has 1 aliphatic rings. The van der Waals surface area contributed by atoms with Crippen LogP contribution in [0.5, 0.6) is 0 Å². The summed E-state index contributed by atoms with van der Waals surface area (Å²) in [7, 11) is 1.59. The van der Waals surface area contributed by atoms with Gasteiger partial charge in [-0.05, 0) is 28.1 Å². The number of hydrogen-bond acceptors (Lipinski definition) is 6. The van der Waals surface area contributed by atoms with Gasteiger partial charge in [-0.15, -0.1) is 0 Å². The molecule has 0 unspecified atom stereocenters. The lowest BCUT2D eigenvalue weighted by Gasteiger charge is -2.35. The normalized spacial score (nSPS) is 14.4. The summed E-state index contributed by atoms with van der Waals surface area (Å²) < 4.78 is 1.67. The minimum absolute atomic E-state index is 0.103. The molecule has 0 aromatic carbocycles. The average Bonchev–Trinajstić information content (AvgIpc) is 2.68. The number of aryl methyl sites for hydroxylation is 1. The Kier molecular flexibility index (Phi) is 5.87. The predicted octanol–water partition coefficient (Wildman–Crippen LogP) is 1.09. The van der Waals surface area contributed by atoms with E-state index in [4.69, 9.17) is 0 Å². The van der Waals surface area contributed by atoms with Crippen LogP contribution in [-0.4, -0.2) is 58.3 Å². The van der Waals surface area contributed by atoms with Crippen molar-refractivity contribution in [2.75, 3.05) is 42.9 Å². The fourth-order valence-electron chi connectivity index (χ4n) is 2.82. The number of amides is 1. The van der Waals surface area contributed by atoms with E-state index in [1.807, 2.05) is 23.1 Å². The highest BCUT2D eigenvalue weighted by Crippen LogP contribution is 2.16. The fourth-order valence-corrected chi connectivity index (χ4v) is 3.32. The van der Waals surface area contributed by atoms with Gasteiger partial charge >= 0.3 is 0 Å². The number of piperazine rings is 1. The number of hydrogen-bond donors (Lipinski definition) is 1. The monoisotopic (exact) mass is 420 g/mol. The third-order valence-electron chi connectivity index (χ3n) is 4.34. The quantitative estimate of drug-likeness (QED) is 0.779. The fraction of sp³-hybridized carbons (Fsp3) is 0.412. The van der Waals surface area contributed by atoms with Gasteiger partial charge in [0.2, 0.25) is 5.91 Å². The number of halogens is 1. The highest BCUT2D eigenvalue weighted by molar-refractivity contribution is 9.10. The van der Waals surface area contributed by atoms with Crippen molar-refractivity contribution in [2.45, 2.75) is 6.42 Å². The van der Waals surface area contributed by atoms with Crippen molar-refractivity contribution in [2.24, 2.45) is 7.05 Å². The lowest BCUT2D eigenvalue weighted by Crippen LogP contribution is -2.49. The second kappa shape index (κ2) is 8.31. The number of pyridine rings is 1. The zero-order valence-corrected chi connectivity index (χ0v) is 16.1. The molecule has 0 bridgehead atoms. The average molecular weight is 421 g/mol. The van der Waals surface area contributed by atoms with E-state index < -0.39 is 0 Å². The van der Waals surface area contributed by atoms with Gasteiger partial charge in [-0.3, -0.25) is 9.59 Å². The first-order chi connectivity index (χ1) is 12.6. The van der Waals surface area contributed by atoms with Crippen LogP contribution in [0.15, 0.2) is 39.9 Å². The van der Waals surface area contributed by atoms with Crippen LogP contribution in [0, 0.1) is 0 Å². The van der Waals surface area contributed by atoms with Gasteiger partial charge in [0.15, 0.2) is 0 Å². The number of anilines is 2. The van der Waals surface area contributed by atoms with Gasteiger partial charge in [-0.25, -0.2) is 9.67 Å². The largest absolute Gasteiger partial charge is 0.382 e. The first-order valence-corrected chi connectivity index (χ1v) is 9.25. The van der Waals surface area contributed by atoms with Gasteiger partial charge in [-0.2, -0.15) is 5.10 Å². The smallest absolute Gasteiger partial charge is 0.282 e. The molecule has 8 nitrogen and oxygen atoms in total. The first kappa shape index (κ1) is 18.4. The van der Waals surface area contributed by atoms with Crippen molar-refractivity contribution in [3.05, 3.63) is 45.4 Å². The Labute approximate surface area is 159 Å². The van der Waals surface area contributed by atoms with Crippen molar-refractivity contribution in [1.82, 2.24) is 19.7 Å². The summed E-state index contributed by atoms with van der Waals surface area (Å²) in [5.74, 6) is 1.05. The molecule has 3 rings (SSSR count). The summed E-state index contributed by atoms with van der Waals surface area (Å²) in [4.78, 5) is 32.6. The topological polar surface area (TPSA) is 83.4 Å². The lowest BCUT2D eigenvalue weighted by atomic mass is 10.2. The summed E-state index contributed by atoms with van der Waals surface area (Å²) in [5.41, 5.74) is 0.382. The Morgan fingerprint density at radius 1 is 1.27 bits per heavy atom. The number of carbonyl (C=O) groups is 1. The van der Waals surface area contributed by atoms with Crippen molar-refractivity contribution < 1.29 is 4.79 Å². The molecule has 0 radical (unpaired) electrons. The zero-order valence-electron chi connectivity index (χ0n) is 14.6. The Balaban J connectivity index is 1.46. The third kappa shape index (κ3) is 4.21. The van der Waals surface area contributed by atoms with Gasteiger partial charge in [0.1, 0.15) is 10.3 Å². The Bertz CT molecular complexity index is 818. The Hall–Kier alpha value is -2.42. The van der Waals surface area contributed by atoms with Gasteiger partial charge in [-0.1, -0.05) is 6.07 Å². The maximum absolute atomic E-state index is 12.4. The molecule has 1 N–H and O–H groups in total. The van der Waals surface area contributed by atoms with E-state index in [-0.39, 0.29) is 11.5 Å². The highest BCUT2D eigenvalue weighted by Gasteiger charge is 2.21. The molecular weight excluding hydrogens is 400 g/mol. The van der Waals surface area contributed by atoms with E-state index in [2.05, 4.69) is 36.2 Å². The first-order valence-electron chi connectivity index (χ1n) is 8.45. The second-order valence-electron chi connectivity index (χ2n) is 6.03. The number of nitrogens with one attached hydrogen (secondary N) is 1. The summed E-state index contributed by atoms with van der Waals surface area (Å²) in [6.45, 7) is 3.38. The number of rotatable bonds is 5. The van der Waals surface area contributed by atoms with E-state index >= 15 is 0 Å². The standard InChI is InChI=1S/C17H21BrN6O2/c1-22-17(26)16(18)13(12-21-22)19-7-5-15(25)24-10-8-23(9-11-24)14-4-2-3-6-20-14/h2-4,6,12,19H,5,7-11H2,1H3. The van der Waals surface area contributed by atoms with Gasteiger partial charge in [0.25, 0.3) is 5.56 Å². The molecule has 0 saturated carbocycles. The third-order valence-corrected chi connectivity index (χ3v) is 5.10. The van der Waals surface area contributed by atoms with Gasteiger partial charge in [0.05, 0.1) is 11.9 Å². The molecule has 138 valence electrons. The molecule has 1 amide bonds. The lowest BCUT2D eigenvalue weighted by molar-refractivity contribution is -0.131. The van der Waals surface area contributed by atoms with Crippen LogP contribution in [0.3, 0.4) is 0 Å². The zero-order chi connectivity index (χ0) is 18.5. The van der Waals surface area contributed by atoms with E-state index in [1.165, 1.54) is 4.68 Å². The van der Waals surface area contributed by atoms with E-state index in [9.17, 15) is 9.59 Å². The van der Waals surface area contributed by atoms with Crippen LogP contribution in [0.25, 0.3) is 0 Å². The van der Waals surface area contributed by atoms with Gasteiger partial charge in [0, 0.05) is 52.4 Å². The van der Waals surface area contributed by atoms with Gasteiger partial charge < -0.3 is 15.1 Å². The summed E-state index contributed by atoms with van der Waals surface area (Å²) in [5, 5.41) is 7.06. The molecule has 26 heavy (non-hydrogen) atoms. The van der Waals surface area contributed by atoms with Crippen molar-refractivity contribution in [1.29, 1.82) is 0 Å². The summed E-state index contributed by atoms with van der Waals surface area (Å²) >= 11 is 3.26. The van der Waals surface area contributed by atoms with Crippen molar-refractivity contribution >= 4 is 33.3 Å². The molecular formula is C17H21BrN6O2. The molecule has 0 aliphatic carbocycles. The van der Waals surface area contributed by atoms with Crippen LogP contribution in [0.2, 0.25) is 0 Å². The predicted molar refractivity (Wildman–Crippen MR) is 103 cm³/mol. The number of nitrogens with zero attached hydrogens (tertiary/aromatic N) is 5. The van der Waals surface area contributed by atoms with Crippen LogP contribution < -0.4 is 15.8 Å². The highest BCUT2D eigenvalue weighted by atomic mass is 79.9. The molecule has 2 aromatic rings. The molecule has 0 spiro atoms. The SMILES string of the molecule is Cn1ncc(NCCC(=O)N2CCN(c3ccccn3)CC2)c(Br)c1=O. The minimum atomic E-state index is -0.216. The van der Waals surface area contributed by atoms with Crippen molar-refractivity contribution in [3.63, 3.8) is 0 Å². The number of aromatic nitrogens is 3. The van der Waals surface area contributed by atoms with Crippen LogP contribution in [0.1, 0.15) is 6.42 Å². The van der Waals surface area contributed by atoms with Crippen LogP contribution in [-0.2, 0) is 11.8 Å². The Morgan fingerprint density at radius 3 is 2.73 bits per heavy atom. The maximum Gasteiger partial charge on any atom is 0.282 e. The van der Waals surface area contributed by atoms with E-state index in [0.29, 0.717) is 36.2 Å². The summed E-state index contributed by atoms with van der Waals surface area (Å²) in [6.07, 6.45) is 3.72. The van der Waals surface area contributed by atoms with Crippen LogP contribution >= 0.6 is 15.9 Å². The molecule has 9 heteroatoms. The van der Waals surface area contributed by atoms with E-state index in [0.717, 1.165) is 18.9 Å². The minimum Gasteiger partial charge on any atom is -0.382 e. The maximum atomic E-state index is 12.4. The number of carbonyl (C=O) groups excluding carboxylic acids is 1. The van der Waals surface area contributed by atoms with E-state index in [1.54, 1.807) is 19.4 Å². The molecule has 1 aliphatic heterocycles. The summed E-state index contributed by atoms with van der Waals surface area (Å²) in [6, 6.07) is 5.85. The molecule has 3 heterocycles. The molecule has 0 atom stereocenters. The second-order valence-corrected chi connectivity index (χ2v) is 6.83. The molecule has 2 aromatic heterocycles. The van der Waals surface area contributed by atoms with Crippen LogP contribution in [0.4, 0.5) is 11.5 Å². The Morgan fingerprint density at radius 2 is 2.04 bits per heavy atom. The molecule has 1 saturated heterocycles. The van der Waals surface area contributed by atoms with Crippen molar-refractivity contribution in [3.8, 4) is 0 Å².